The minimum absolute atomic E-state index is 0.0935. The molecule has 4 heteroatoms. The van der Waals surface area contributed by atoms with Crippen LogP contribution in [0.1, 0.15) is 18.9 Å². The van der Waals surface area contributed by atoms with Crippen LogP contribution in [-0.2, 0) is 16.0 Å². The van der Waals surface area contributed by atoms with Crippen LogP contribution < -0.4 is 10.1 Å². The molecule has 1 heterocycles. The van der Waals surface area contributed by atoms with Gasteiger partial charge in [0.2, 0.25) is 5.91 Å². The van der Waals surface area contributed by atoms with E-state index in [4.69, 9.17) is 9.47 Å². The molecule has 0 spiro atoms. The van der Waals surface area contributed by atoms with E-state index in [9.17, 15) is 4.79 Å². The molecule has 1 aliphatic heterocycles. The SMILES string of the molecule is COc1cccc(CCC(=O)NCC2(C)COC2)c1. The van der Waals surface area contributed by atoms with Gasteiger partial charge in [0.05, 0.1) is 20.3 Å². The van der Waals surface area contributed by atoms with Crippen LogP contribution in [0.3, 0.4) is 0 Å². The highest BCUT2D eigenvalue weighted by Crippen LogP contribution is 2.25. The van der Waals surface area contributed by atoms with Crippen molar-refractivity contribution in [2.24, 2.45) is 5.41 Å². The molecule has 0 saturated carbocycles. The molecular weight excluding hydrogens is 242 g/mol. The highest BCUT2D eigenvalue weighted by Gasteiger charge is 2.33. The number of hydrogen-bond donors (Lipinski definition) is 1. The lowest BCUT2D eigenvalue weighted by Gasteiger charge is -2.38. The number of carbonyl (C=O) groups is 1. The maximum Gasteiger partial charge on any atom is 0.220 e. The van der Waals surface area contributed by atoms with Gasteiger partial charge in [0.25, 0.3) is 0 Å². The molecule has 0 atom stereocenters. The summed E-state index contributed by atoms with van der Waals surface area (Å²) in [5.41, 5.74) is 1.25. The van der Waals surface area contributed by atoms with Crippen molar-refractivity contribution < 1.29 is 14.3 Å². The van der Waals surface area contributed by atoms with Crippen molar-refractivity contribution in [2.45, 2.75) is 19.8 Å². The van der Waals surface area contributed by atoms with Gasteiger partial charge in [-0.2, -0.15) is 0 Å². The van der Waals surface area contributed by atoms with Crippen LogP contribution in [0.5, 0.6) is 5.75 Å². The summed E-state index contributed by atoms with van der Waals surface area (Å²) in [7, 11) is 1.65. The second-order valence-electron chi connectivity index (χ2n) is 5.43. The zero-order valence-corrected chi connectivity index (χ0v) is 11.6. The summed E-state index contributed by atoms with van der Waals surface area (Å²) in [5.74, 6) is 0.924. The third-order valence-electron chi connectivity index (χ3n) is 3.39. The smallest absolute Gasteiger partial charge is 0.220 e. The van der Waals surface area contributed by atoms with Crippen molar-refractivity contribution in [3.8, 4) is 5.75 Å². The molecule has 1 aliphatic rings. The summed E-state index contributed by atoms with van der Waals surface area (Å²) in [6.07, 6.45) is 1.24. The van der Waals surface area contributed by atoms with Crippen LogP contribution in [0.15, 0.2) is 24.3 Å². The molecule has 0 bridgehead atoms. The Labute approximate surface area is 114 Å². The summed E-state index contributed by atoms with van der Waals surface area (Å²) >= 11 is 0. The van der Waals surface area contributed by atoms with Gasteiger partial charge in [-0.05, 0) is 24.1 Å². The number of nitrogens with one attached hydrogen (secondary N) is 1. The van der Waals surface area contributed by atoms with E-state index in [0.717, 1.165) is 30.9 Å². The fourth-order valence-corrected chi connectivity index (χ4v) is 2.04. The molecule has 0 aliphatic carbocycles. The Bertz CT molecular complexity index is 441. The summed E-state index contributed by atoms with van der Waals surface area (Å²) in [6.45, 7) is 4.30. The Morgan fingerprint density at radius 1 is 1.47 bits per heavy atom. The molecule has 4 nitrogen and oxygen atoms in total. The first kappa shape index (κ1) is 13.9. The van der Waals surface area contributed by atoms with Crippen LogP contribution in [0.2, 0.25) is 0 Å². The van der Waals surface area contributed by atoms with Crippen molar-refractivity contribution in [1.82, 2.24) is 5.32 Å². The monoisotopic (exact) mass is 263 g/mol. The number of rotatable bonds is 6. The van der Waals surface area contributed by atoms with Crippen LogP contribution in [0, 0.1) is 5.41 Å². The number of aryl methyl sites for hydroxylation is 1. The topological polar surface area (TPSA) is 47.6 Å². The molecule has 19 heavy (non-hydrogen) atoms. The predicted molar refractivity (Wildman–Crippen MR) is 73.3 cm³/mol. The molecule has 0 radical (unpaired) electrons. The van der Waals surface area contributed by atoms with Crippen LogP contribution in [0.25, 0.3) is 0 Å². The van der Waals surface area contributed by atoms with Crippen molar-refractivity contribution in [2.75, 3.05) is 26.9 Å². The molecular formula is C15H21NO3. The first-order chi connectivity index (χ1) is 9.11. The number of carbonyl (C=O) groups excluding carboxylic acids is 1. The summed E-state index contributed by atoms with van der Waals surface area (Å²) in [4.78, 5) is 11.8. The van der Waals surface area contributed by atoms with E-state index in [1.807, 2.05) is 24.3 Å². The van der Waals surface area contributed by atoms with Gasteiger partial charge < -0.3 is 14.8 Å². The third-order valence-corrected chi connectivity index (χ3v) is 3.39. The zero-order chi connectivity index (χ0) is 13.7. The molecule has 0 aromatic heterocycles. The largest absolute Gasteiger partial charge is 0.497 e. The van der Waals surface area contributed by atoms with Crippen molar-refractivity contribution in [3.63, 3.8) is 0 Å². The predicted octanol–water partition coefficient (Wildman–Crippen LogP) is 1.78. The Hall–Kier alpha value is -1.55. The maximum absolute atomic E-state index is 11.8. The van der Waals surface area contributed by atoms with E-state index in [1.54, 1.807) is 7.11 Å². The lowest BCUT2D eigenvalue weighted by Crippen LogP contribution is -2.48. The Morgan fingerprint density at radius 2 is 2.26 bits per heavy atom. The average molecular weight is 263 g/mol. The lowest BCUT2D eigenvalue weighted by atomic mass is 9.89. The third kappa shape index (κ3) is 3.96. The minimum atomic E-state index is 0.0935. The molecule has 104 valence electrons. The van der Waals surface area contributed by atoms with E-state index in [0.29, 0.717) is 13.0 Å². The summed E-state index contributed by atoms with van der Waals surface area (Å²) < 4.78 is 10.3. The standard InChI is InChI=1S/C15H21NO3/c1-15(10-19-11-15)9-16-14(17)7-6-12-4-3-5-13(8-12)18-2/h3-5,8H,6-7,9-11H2,1-2H3,(H,16,17). The second-order valence-corrected chi connectivity index (χ2v) is 5.43. The maximum atomic E-state index is 11.8. The average Bonchev–Trinajstić information content (AvgIpc) is 2.41. The fraction of sp³-hybridized carbons (Fsp3) is 0.533. The molecule has 2 rings (SSSR count). The van der Waals surface area contributed by atoms with E-state index in [-0.39, 0.29) is 11.3 Å². The number of benzene rings is 1. The Balaban J connectivity index is 1.73. The second kappa shape index (κ2) is 6.06. The van der Waals surface area contributed by atoms with Gasteiger partial charge in [0, 0.05) is 18.4 Å². The van der Waals surface area contributed by atoms with Gasteiger partial charge in [-0.3, -0.25) is 4.79 Å². The Kier molecular flexibility index (Phi) is 4.43. The lowest BCUT2D eigenvalue weighted by molar-refractivity contribution is -0.126. The zero-order valence-electron chi connectivity index (χ0n) is 11.6. The van der Waals surface area contributed by atoms with Crippen LogP contribution in [0.4, 0.5) is 0 Å². The molecule has 1 N–H and O–H groups in total. The van der Waals surface area contributed by atoms with Gasteiger partial charge in [0.15, 0.2) is 0 Å². The number of hydrogen-bond acceptors (Lipinski definition) is 3. The molecule has 0 unspecified atom stereocenters. The fourth-order valence-electron chi connectivity index (χ4n) is 2.04. The first-order valence-corrected chi connectivity index (χ1v) is 6.59. The normalized spacial score (nSPS) is 16.5. The number of amides is 1. The van der Waals surface area contributed by atoms with E-state index in [2.05, 4.69) is 12.2 Å². The van der Waals surface area contributed by atoms with Crippen molar-refractivity contribution in [1.29, 1.82) is 0 Å². The van der Waals surface area contributed by atoms with Crippen molar-refractivity contribution in [3.05, 3.63) is 29.8 Å². The summed E-state index contributed by atoms with van der Waals surface area (Å²) in [6, 6.07) is 7.82. The highest BCUT2D eigenvalue weighted by atomic mass is 16.5. The van der Waals surface area contributed by atoms with Gasteiger partial charge in [-0.1, -0.05) is 19.1 Å². The van der Waals surface area contributed by atoms with Gasteiger partial charge in [0.1, 0.15) is 5.75 Å². The summed E-state index contributed by atoms with van der Waals surface area (Å²) in [5, 5.41) is 2.97. The molecule has 1 aromatic carbocycles. The molecule has 1 amide bonds. The van der Waals surface area contributed by atoms with Gasteiger partial charge in [-0.15, -0.1) is 0 Å². The molecule has 1 saturated heterocycles. The van der Waals surface area contributed by atoms with Crippen molar-refractivity contribution >= 4 is 5.91 Å². The minimum Gasteiger partial charge on any atom is -0.497 e. The quantitative estimate of drug-likeness (QED) is 0.851. The molecule has 1 fully saturated rings. The van der Waals surface area contributed by atoms with E-state index in [1.165, 1.54) is 0 Å². The first-order valence-electron chi connectivity index (χ1n) is 6.59. The van der Waals surface area contributed by atoms with E-state index >= 15 is 0 Å². The van der Waals surface area contributed by atoms with Crippen LogP contribution >= 0.6 is 0 Å². The van der Waals surface area contributed by atoms with Crippen LogP contribution in [-0.4, -0.2) is 32.8 Å². The van der Waals surface area contributed by atoms with Gasteiger partial charge in [-0.25, -0.2) is 0 Å². The van der Waals surface area contributed by atoms with Gasteiger partial charge >= 0.3 is 0 Å². The Morgan fingerprint density at radius 3 is 2.89 bits per heavy atom. The molecule has 1 aromatic rings. The van der Waals surface area contributed by atoms with E-state index < -0.39 is 0 Å². The number of methoxy groups -OCH3 is 1. The highest BCUT2D eigenvalue weighted by molar-refractivity contribution is 5.76. The number of ether oxygens (including phenoxy) is 2.